The van der Waals surface area contributed by atoms with Crippen molar-refractivity contribution in [1.82, 2.24) is 9.80 Å². The molecule has 2 saturated heterocycles. The van der Waals surface area contributed by atoms with Crippen molar-refractivity contribution in [2.45, 2.75) is 44.1 Å². The molecule has 2 fully saturated rings. The van der Waals surface area contributed by atoms with Crippen molar-refractivity contribution < 1.29 is 13.9 Å². The third kappa shape index (κ3) is 3.82. The van der Waals surface area contributed by atoms with Gasteiger partial charge in [0, 0.05) is 32.7 Å². The highest BCUT2D eigenvalue weighted by atomic mass is 16.5. The van der Waals surface area contributed by atoms with Gasteiger partial charge in [-0.15, -0.1) is 0 Å². The van der Waals surface area contributed by atoms with E-state index in [4.69, 9.17) is 9.15 Å². The summed E-state index contributed by atoms with van der Waals surface area (Å²) in [6, 6.07) is 1.74. The Morgan fingerprint density at radius 3 is 2.80 bits per heavy atom. The number of carbonyl (C=O) groups excluding carboxylic acids is 1. The second kappa shape index (κ2) is 7.34. The van der Waals surface area contributed by atoms with Crippen LogP contribution in [0.4, 0.5) is 0 Å². The Hall–Kier alpha value is -1.59. The van der Waals surface area contributed by atoms with Gasteiger partial charge in [0.05, 0.1) is 24.0 Å². The number of amides is 1. The zero-order chi connectivity index (χ0) is 17.1. The second-order valence-corrected chi connectivity index (χ2v) is 7.65. The van der Waals surface area contributed by atoms with Crippen LogP contribution in [0.15, 0.2) is 34.7 Å². The highest BCUT2D eigenvalue weighted by Gasteiger charge is 2.40. The molecule has 0 unspecified atom stereocenters. The van der Waals surface area contributed by atoms with Gasteiger partial charge in [0.2, 0.25) is 0 Å². The maximum Gasteiger partial charge on any atom is 0.257 e. The number of rotatable bonds is 3. The summed E-state index contributed by atoms with van der Waals surface area (Å²) in [5.41, 5.74) is 2.18. The standard InChI is InChI=1S/C20H28N2O3/c23-19(18-6-12-24-15-18)22-9-7-20(8-10-22)16-21(11-13-25-20)14-17-4-2-1-3-5-17/h4,6,12,15H,1-3,5,7-11,13-14,16H2. The van der Waals surface area contributed by atoms with Crippen molar-refractivity contribution in [2.24, 2.45) is 0 Å². The fourth-order valence-corrected chi connectivity index (χ4v) is 4.38. The van der Waals surface area contributed by atoms with Gasteiger partial charge in [-0.2, -0.15) is 0 Å². The molecule has 0 bridgehead atoms. The lowest BCUT2D eigenvalue weighted by Crippen LogP contribution is -2.57. The summed E-state index contributed by atoms with van der Waals surface area (Å²) < 4.78 is 11.3. The van der Waals surface area contributed by atoms with E-state index >= 15 is 0 Å². The van der Waals surface area contributed by atoms with E-state index in [0.717, 1.165) is 52.2 Å². The summed E-state index contributed by atoms with van der Waals surface area (Å²) in [5.74, 6) is 0.0728. The van der Waals surface area contributed by atoms with E-state index in [2.05, 4.69) is 11.0 Å². The Bertz CT molecular complexity index is 615. The summed E-state index contributed by atoms with van der Waals surface area (Å²) in [5, 5.41) is 0. The van der Waals surface area contributed by atoms with Crippen LogP contribution in [0.5, 0.6) is 0 Å². The predicted octanol–water partition coefficient (Wildman–Crippen LogP) is 3.09. The largest absolute Gasteiger partial charge is 0.472 e. The van der Waals surface area contributed by atoms with Crippen LogP contribution in [0.1, 0.15) is 48.9 Å². The molecule has 3 aliphatic rings. The van der Waals surface area contributed by atoms with Gasteiger partial charge in [-0.3, -0.25) is 9.69 Å². The van der Waals surface area contributed by atoms with E-state index in [1.807, 2.05) is 4.90 Å². The normalized spacial score (nSPS) is 24.3. The monoisotopic (exact) mass is 344 g/mol. The fraction of sp³-hybridized carbons (Fsp3) is 0.650. The average molecular weight is 344 g/mol. The van der Waals surface area contributed by atoms with Crippen molar-refractivity contribution in [3.63, 3.8) is 0 Å². The van der Waals surface area contributed by atoms with Gasteiger partial charge in [-0.1, -0.05) is 11.6 Å². The third-order valence-electron chi connectivity index (χ3n) is 5.87. The lowest BCUT2D eigenvalue weighted by molar-refractivity contribution is -0.130. The second-order valence-electron chi connectivity index (χ2n) is 7.65. The fourth-order valence-electron chi connectivity index (χ4n) is 4.38. The first-order valence-corrected chi connectivity index (χ1v) is 9.60. The molecule has 3 heterocycles. The Balaban J connectivity index is 1.33. The quantitative estimate of drug-likeness (QED) is 0.791. The number of hydrogen-bond donors (Lipinski definition) is 0. The molecule has 0 aromatic carbocycles. The number of carbonyl (C=O) groups is 1. The Kier molecular flexibility index (Phi) is 4.95. The van der Waals surface area contributed by atoms with Crippen LogP contribution in [0, 0.1) is 0 Å². The molecule has 25 heavy (non-hydrogen) atoms. The number of ether oxygens (including phenoxy) is 1. The highest BCUT2D eigenvalue weighted by molar-refractivity contribution is 5.93. The number of nitrogens with zero attached hydrogens (tertiary/aromatic N) is 2. The van der Waals surface area contributed by atoms with E-state index < -0.39 is 0 Å². The van der Waals surface area contributed by atoms with E-state index in [0.29, 0.717) is 5.56 Å². The Morgan fingerprint density at radius 1 is 1.20 bits per heavy atom. The maximum atomic E-state index is 12.5. The highest BCUT2D eigenvalue weighted by Crippen LogP contribution is 2.31. The summed E-state index contributed by atoms with van der Waals surface area (Å²) in [6.07, 6.45) is 12.6. The molecule has 5 nitrogen and oxygen atoms in total. The summed E-state index contributed by atoms with van der Waals surface area (Å²) in [4.78, 5) is 17.0. The molecule has 1 spiro atoms. The first kappa shape index (κ1) is 16.9. The first-order valence-electron chi connectivity index (χ1n) is 9.60. The Morgan fingerprint density at radius 2 is 2.08 bits per heavy atom. The smallest absolute Gasteiger partial charge is 0.257 e. The van der Waals surface area contributed by atoms with Crippen LogP contribution in [0.25, 0.3) is 0 Å². The van der Waals surface area contributed by atoms with Gasteiger partial charge >= 0.3 is 0 Å². The predicted molar refractivity (Wildman–Crippen MR) is 95.5 cm³/mol. The van der Waals surface area contributed by atoms with Gasteiger partial charge in [0.25, 0.3) is 5.91 Å². The Labute approximate surface area is 149 Å². The molecule has 136 valence electrons. The van der Waals surface area contributed by atoms with Gasteiger partial charge in [0.15, 0.2) is 0 Å². The molecule has 5 heteroatoms. The lowest BCUT2D eigenvalue weighted by Gasteiger charge is -2.47. The minimum absolute atomic E-state index is 0.0688. The van der Waals surface area contributed by atoms with E-state index in [1.165, 1.54) is 31.9 Å². The molecule has 2 aliphatic heterocycles. The number of allylic oxidation sites excluding steroid dienone is 1. The van der Waals surface area contributed by atoms with Gasteiger partial charge in [-0.25, -0.2) is 0 Å². The van der Waals surface area contributed by atoms with Crippen molar-refractivity contribution in [2.75, 3.05) is 39.3 Å². The van der Waals surface area contributed by atoms with Crippen LogP contribution in [-0.2, 0) is 4.74 Å². The SMILES string of the molecule is O=C(c1ccoc1)N1CCC2(CC1)CN(CC1=CCCCC1)CCO2. The molecule has 1 aromatic rings. The van der Waals surface area contributed by atoms with Crippen molar-refractivity contribution >= 4 is 5.91 Å². The minimum Gasteiger partial charge on any atom is -0.472 e. The number of hydrogen-bond acceptors (Lipinski definition) is 4. The van der Waals surface area contributed by atoms with Crippen molar-refractivity contribution in [3.05, 3.63) is 35.8 Å². The van der Waals surface area contributed by atoms with Gasteiger partial charge < -0.3 is 14.1 Å². The van der Waals surface area contributed by atoms with Crippen LogP contribution >= 0.6 is 0 Å². The number of likely N-dealkylation sites (tertiary alicyclic amines) is 1. The molecule has 0 radical (unpaired) electrons. The average Bonchev–Trinajstić information content (AvgIpc) is 3.18. The summed E-state index contributed by atoms with van der Waals surface area (Å²) >= 11 is 0. The first-order chi connectivity index (χ1) is 12.2. The zero-order valence-electron chi connectivity index (χ0n) is 14.9. The van der Waals surface area contributed by atoms with Crippen molar-refractivity contribution in [3.8, 4) is 0 Å². The molecule has 0 N–H and O–H groups in total. The van der Waals surface area contributed by atoms with Crippen LogP contribution < -0.4 is 0 Å². The van der Waals surface area contributed by atoms with E-state index in [1.54, 1.807) is 17.9 Å². The third-order valence-corrected chi connectivity index (χ3v) is 5.87. The minimum atomic E-state index is -0.0688. The lowest BCUT2D eigenvalue weighted by atomic mass is 9.88. The number of furan rings is 1. The molecular formula is C20H28N2O3. The maximum absolute atomic E-state index is 12.5. The molecule has 1 aromatic heterocycles. The molecular weight excluding hydrogens is 316 g/mol. The molecule has 1 amide bonds. The number of morpholine rings is 1. The van der Waals surface area contributed by atoms with Gasteiger partial charge in [-0.05, 0) is 44.6 Å². The number of piperidine rings is 1. The van der Waals surface area contributed by atoms with Crippen LogP contribution in [-0.4, -0.2) is 60.6 Å². The summed E-state index contributed by atoms with van der Waals surface area (Å²) in [7, 11) is 0. The zero-order valence-corrected chi connectivity index (χ0v) is 14.9. The molecule has 0 atom stereocenters. The summed E-state index contributed by atoms with van der Waals surface area (Å²) in [6.45, 7) is 5.46. The molecule has 0 saturated carbocycles. The van der Waals surface area contributed by atoms with Gasteiger partial charge in [0.1, 0.15) is 6.26 Å². The van der Waals surface area contributed by atoms with E-state index in [9.17, 15) is 4.79 Å². The topological polar surface area (TPSA) is 45.9 Å². The van der Waals surface area contributed by atoms with E-state index in [-0.39, 0.29) is 11.5 Å². The molecule has 4 rings (SSSR count). The molecule has 1 aliphatic carbocycles. The van der Waals surface area contributed by atoms with Crippen LogP contribution in [0.2, 0.25) is 0 Å². The van der Waals surface area contributed by atoms with Crippen LogP contribution in [0.3, 0.4) is 0 Å². The van der Waals surface area contributed by atoms with Crippen molar-refractivity contribution in [1.29, 1.82) is 0 Å².